The molecule has 166 valence electrons. The molecule has 0 saturated heterocycles. The highest BCUT2D eigenvalue weighted by Crippen LogP contribution is 2.36. The Morgan fingerprint density at radius 2 is 1.50 bits per heavy atom. The molecular formula is C25H24ClNO5. The number of carbonyl (C=O) groups is 1. The molecule has 0 atom stereocenters. The summed E-state index contributed by atoms with van der Waals surface area (Å²) < 4.78 is 16.9. The van der Waals surface area contributed by atoms with Crippen LogP contribution >= 0.6 is 11.6 Å². The first-order valence-corrected chi connectivity index (χ1v) is 10.8. The number of carboxylic acid groups (broad SMARTS) is 1. The maximum Gasteiger partial charge on any atom is 0.341 e. The van der Waals surface area contributed by atoms with E-state index in [0.717, 1.165) is 24.5 Å². The first kappa shape index (κ1) is 21.8. The van der Waals surface area contributed by atoms with Crippen molar-refractivity contribution >= 4 is 23.3 Å². The Hall–Kier alpha value is -3.38. The molecule has 4 rings (SSSR count). The van der Waals surface area contributed by atoms with E-state index in [2.05, 4.69) is 29.2 Å². The molecule has 0 amide bonds. The van der Waals surface area contributed by atoms with E-state index in [4.69, 9.17) is 30.9 Å². The van der Waals surface area contributed by atoms with Crippen molar-refractivity contribution in [1.29, 1.82) is 0 Å². The summed E-state index contributed by atoms with van der Waals surface area (Å²) in [5.74, 6) is 0.975. The predicted molar refractivity (Wildman–Crippen MR) is 123 cm³/mol. The second-order valence-electron chi connectivity index (χ2n) is 7.44. The zero-order valence-corrected chi connectivity index (χ0v) is 18.3. The summed E-state index contributed by atoms with van der Waals surface area (Å²) in [6.07, 6.45) is 0.708. The highest BCUT2D eigenvalue weighted by molar-refractivity contribution is 6.30. The predicted octanol–water partition coefficient (Wildman–Crippen LogP) is 5.17. The fourth-order valence-corrected chi connectivity index (χ4v) is 3.74. The molecule has 1 aliphatic rings. The summed E-state index contributed by atoms with van der Waals surface area (Å²) in [7, 11) is 0. The van der Waals surface area contributed by atoms with Gasteiger partial charge in [0.05, 0.1) is 18.9 Å². The Morgan fingerprint density at radius 1 is 0.875 bits per heavy atom. The van der Waals surface area contributed by atoms with Gasteiger partial charge in [-0.05, 0) is 53.6 Å². The molecule has 0 saturated carbocycles. The molecule has 1 aliphatic heterocycles. The van der Waals surface area contributed by atoms with Crippen LogP contribution in [0.15, 0.2) is 66.7 Å². The molecule has 0 unspecified atom stereocenters. The number of anilines is 1. The van der Waals surface area contributed by atoms with Gasteiger partial charge < -0.3 is 24.2 Å². The smallest absolute Gasteiger partial charge is 0.341 e. The molecule has 0 fully saturated rings. The van der Waals surface area contributed by atoms with Gasteiger partial charge in [0.15, 0.2) is 6.61 Å². The van der Waals surface area contributed by atoms with Gasteiger partial charge in [-0.1, -0.05) is 35.9 Å². The van der Waals surface area contributed by atoms with Crippen LogP contribution < -0.4 is 19.1 Å². The summed E-state index contributed by atoms with van der Waals surface area (Å²) in [6, 6.07) is 21.0. The molecule has 7 heteroatoms. The SMILES string of the molecule is O=C(O)COc1ccc(OCCCOc2ccc(Cl)cc2N2Cc3ccccc3C2)cc1. The number of ether oxygens (including phenoxy) is 3. The lowest BCUT2D eigenvalue weighted by atomic mass is 10.1. The van der Waals surface area contributed by atoms with E-state index < -0.39 is 5.97 Å². The van der Waals surface area contributed by atoms with E-state index in [1.165, 1.54) is 11.1 Å². The van der Waals surface area contributed by atoms with Gasteiger partial charge in [-0.2, -0.15) is 0 Å². The highest BCUT2D eigenvalue weighted by Gasteiger charge is 2.21. The van der Waals surface area contributed by atoms with Gasteiger partial charge in [-0.25, -0.2) is 4.79 Å². The first-order chi connectivity index (χ1) is 15.6. The van der Waals surface area contributed by atoms with Crippen molar-refractivity contribution in [3.05, 3.63) is 82.9 Å². The number of hydrogen-bond donors (Lipinski definition) is 1. The van der Waals surface area contributed by atoms with Gasteiger partial charge in [-0.15, -0.1) is 0 Å². The van der Waals surface area contributed by atoms with Gasteiger partial charge in [0.2, 0.25) is 0 Å². The third kappa shape index (κ3) is 5.65. The van der Waals surface area contributed by atoms with Crippen LogP contribution in [0.3, 0.4) is 0 Å². The number of fused-ring (bicyclic) bond motifs is 1. The molecule has 0 radical (unpaired) electrons. The van der Waals surface area contributed by atoms with Gasteiger partial charge >= 0.3 is 5.97 Å². The van der Waals surface area contributed by atoms with Crippen molar-refractivity contribution in [3.63, 3.8) is 0 Å². The lowest BCUT2D eigenvalue weighted by Gasteiger charge is -2.22. The van der Waals surface area contributed by atoms with Gasteiger partial charge in [0.25, 0.3) is 0 Å². The fourth-order valence-electron chi connectivity index (χ4n) is 3.57. The Bertz CT molecular complexity index is 1050. The standard InChI is InChI=1S/C25H24ClNO5/c26-20-6-11-24(23(14-20)27-15-18-4-1-2-5-19(18)16-27)31-13-3-12-30-21-7-9-22(10-8-21)32-17-25(28)29/h1-2,4-11,14H,3,12-13,15-17H2,(H,28,29). The van der Waals surface area contributed by atoms with Crippen LogP contribution in [0.5, 0.6) is 17.2 Å². The van der Waals surface area contributed by atoms with E-state index in [1.54, 1.807) is 24.3 Å². The van der Waals surface area contributed by atoms with E-state index in [-0.39, 0.29) is 6.61 Å². The minimum atomic E-state index is -1.01. The van der Waals surface area contributed by atoms with Crippen LogP contribution in [0.25, 0.3) is 0 Å². The summed E-state index contributed by atoms with van der Waals surface area (Å²) in [5, 5.41) is 9.32. The zero-order valence-electron chi connectivity index (χ0n) is 17.5. The monoisotopic (exact) mass is 453 g/mol. The average molecular weight is 454 g/mol. The summed E-state index contributed by atoms with van der Waals surface area (Å²) >= 11 is 6.26. The minimum absolute atomic E-state index is 0.367. The minimum Gasteiger partial charge on any atom is -0.493 e. The van der Waals surface area contributed by atoms with Crippen molar-refractivity contribution in [2.24, 2.45) is 0 Å². The van der Waals surface area contributed by atoms with Gasteiger partial charge in [0.1, 0.15) is 17.2 Å². The molecular weight excluding hydrogens is 430 g/mol. The Balaban J connectivity index is 1.26. The number of aliphatic carboxylic acids is 1. The molecule has 0 spiro atoms. The number of rotatable bonds is 10. The van der Waals surface area contributed by atoms with Gasteiger partial charge in [0, 0.05) is 24.5 Å². The van der Waals surface area contributed by atoms with Crippen LogP contribution in [0.1, 0.15) is 17.5 Å². The molecule has 32 heavy (non-hydrogen) atoms. The maximum atomic E-state index is 10.5. The third-order valence-electron chi connectivity index (χ3n) is 5.10. The van der Waals surface area contributed by atoms with E-state index in [9.17, 15) is 4.79 Å². The summed E-state index contributed by atoms with van der Waals surface area (Å²) in [6.45, 7) is 2.31. The Morgan fingerprint density at radius 3 is 2.16 bits per heavy atom. The van der Waals surface area contributed by atoms with Crippen LogP contribution in [-0.4, -0.2) is 30.9 Å². The lowest BCUT2D eigenvalue weighted by Crippen LogP contribution is -2.16. The molecule has 6 nitrogen and oxygen atoms in total. The van der Waals surface area contributed by atoms with Crippen LogP contribution in [0, 0.1) is 0 Å². The molecule has 3 aromatic rings. The second-order valence-corrected chi connectivity index (χ2v) is 7.88. The molecule has 1 heterocycles. The summed E-state index contributed by atoms with van der Waals surface area (Å²) in [4.78, 5) is 12.8. The second kappa shape index (κ2) is 10.3. The number of halogens is 1. The lowest BCUT2D eigenvalue weighted by molar-refractivity contribution is -0.139. The Kier molecular flexibility index (Phi) is 7.02. The van der Waals surface area contributed by atoms with Crippen molar-refractivity contribution in [2.45, 2.75) is 19.5 Å². The van der Waals surface area contributed by atoms with Crippen LogP contribution in [0.2, 0.25) is 5.02 Å². The van der Waals surface area contributed by atoms with E-state index in [1.807, 2.05) is 18.2 Å². The van der Waals surface area contributed by atoms with Crippen LogP contribution in [-0.2, 0) is 17.9 Å². The summed E-state index contributed by atoms with van der Waals surface area (Å²) in [5.41, 5.74) is 3.64. The first-order valence-electron chi connectivity index (χ1n) is 10.4. The van der Waals surface area contributed by atoms with Crippen molar-refractivity contribution < 1.29 is 24.1 Å². The number of nitrogens with zero attached hydrogens (tertiary/aromatic N) is 1. The Labute approximate surface area is 191 Å². The van der Waals surface area contributed by atoms with Gasteiger partial charge in [-0.3, -0.25) is 0 Å². The number of hydrogen-bond acceptors (Lipinski definition) is 5. The molecule has 0 aromatic heterocycles. The number of benzene rings is 3. The number of carboxylic acids is 1. The van der Waals surface area contributed by atoms with E-state index >= 15 is 0 Å². The van der Waals surface area contributed by atoms with Crippen molar-refractivity contribution in [1.82, 2.24) is 0 Å². The van der Waals surface area contributed by atoms with Crippen LogP contribution in [0.4, 0.5) is 5.69 Å². The molecule has 3 aromatic carbocycles. The third-order valence-corrected chi connectivity index (χ3v) is 5.34. The van der Waals surface area contributed by atoms with Crippen molar-refractivity contribution in [3.8, 4) is 17.2 Å². The molecule has 0 aliphatic carbocycles. The van der Waals surface area contributed by atoms with E-state index in [0.29, 0.717) is 36.2 Å². The highest BCUT2D eigenvalue weighted by atomic mass is 35.5. The zero-order chi connectivity index (χ0) is 22.3. The fraction of sp³-hybridized carbons (Fsp3) is 0.240. The topological polar surface area (TPSA) is 68.2 Å². The van der Waals surface area contributed by atoms with Crippen molar-refractivity contribution in [2.75, 3.05) is 24.7 Å². The maximum absolute atomic E-state index is 10.5. The quantitative estimate of drug-likeness (QED) is 0.427. The normalized spacial score (nSPS) is 12.3. The average Bonchev–Trinajstić information content (AvgIpc) is 3.23. The largest absolute Gasteiger partial charge is 0.493 e. The molecule has 0 bridgehead atoms. The molecule has 1 N–H and O–H groups in total.